The van der Waals surface area contributed by atoms with Crippen molar-refractivity contribution in [1.82, 2.24) is 14.8 Å². The Morgan fingerprint density at radius 1 is 1.28 bits per heavy atom. The van der Waals surface area contributed by atoms with Crippen molar-refractivity contribution in [2.45, 2.75) is 45.3 Å². The summed E-state index contributed by atoms with van der Waals surface area (Å²) < 4.78 is 5.26. The van der Waals surface area contributed by atoms with Crippen LogP contribution in [0.2, 0.25) is 0 Å². The highest BCUT2D eigenvalue weighted by Gasteiger charge is 2.48. The second-order valence-electron chi connectivity index (χ2n) is 6.81. The Balaban J connectivity index is 1.53. The molecule has 2 aliphatic heterocycles. The molecule has 2 aromatic rings. The standard InChI is InChI=1S/C19H21N3O3/c1-12-4-3-5-14(20-12)11-22-16-6-8-21(17(16)10-18(22)23)19(24)15-7-9-25-13(15)2/h3-5,7,9,16-17H,6,8,10-11H2,1-2H3/t16-,17+/m1/s1. The van der Waals surface area contributed by atoms with Crippen LogP contribution in [-0.2, 0) is 11.3 Å². The summed E-state index contributed by atoms with van der Waals surface area (Å²) in [6.45, 7) is 4.91. The molecule has 0 bridgehead atoms. The summed E-state index contributed by atoms with van der Waals surface area (Å²) in [6, 6.07) is 7.57. The Labute approximate surface area is 146 Å². The van der Waals surface area contributed by atoms with Crippen molar-refractivity contribution in [2.24, 2.45) is 0 Å². The Kier molecular flexibility index (Phi) is 3.82. The van der Waals surface area contributed by atoms with Gasteiger partial charge >= 0.3 is 0 Å². The number of pyridine rings is 1. The molecule has 2 aromatic heterocycles. The number of furan rings is 1. The summed E-state index contributed by atoms with van der Waals surface area (Å²) in [5.74, 6) is 0.681. The monoisotopic (exact) mass is 339 g/mol. The van der Waals surface area contributed by atoms with Crippen LogP contribution in [0.25, 0.3) is 0 Å². The van der Waals surface area contributed by atoms with Gasteiger partial charge in [-0.15, -0.1) is 0 Å². The van der Waals surface area contributed by atoms with Gasteiger partial charge in [0.05, 0.1) is 36.1 Å². The third-order valence-electron chi connectivity index (χ3n) is 5.24. The number of rotatable bonds is 3. The smallest absolute Gasteiger partial charge is 0.257 e. The topological polar surface area (TPSA) is 66.7 Å². The highest BCUT2D eigenvalue weighted by Crippen LogP contribution is 2.34. The van der Waals surface area contributed by atoms with Crippen LogP contribution < -0.4 is 0 Å². The predicted octanol–water partition coefficient (Wildman–Crippen LogP) is 2.31. The van der Waals surface area contributed by atoms with Gasteiger partial charge in [0.1, 0.15) is 5.76 Å². The molecule has 0 aromatic carbocycles. The average Bonchev–Trinajstić information content (AvgIpc) is 3.25. The van der Waals surface area contributed by atoms with Crippen LogP contribution in [0.4, 0.5) is 0 Å². The summed E-state index contributed by atoms with van der Waals surface area (Å²) in [5, 5.41) is 0. The molecule has 2 atom stereocenters. The van der Waals surface area contributed by atoms with Crippen LogP contribution in [0.5, 0.6) is 0 Å². The van der Waals surface area contributed by atoms with E-state index in [9.17, 15) is 9.59 Å². The molecular weight excluding hydrogens is 318 g/mol. The lowest BCUT2D eigenvalue weighted by Gasteiger charge is -2.25. The molecule has 130 valence electrons. The lowest BCUT2D eigenvalue weighted by Crippen LogP contribution is -2.39. The van der Waals surface area contributed by atoms with Crippen LogP contribution in [0, 0.1) is 13.8 Å². The number of carbonyl (C=O) groups excluding carboxylic acids is 2. The molecule has 4 heterocycles. The molecule has 2 fully saturated rings. The number of fused-ring (bicyclic) bond motifs is 1. The number of hydrogen-bond acceptors (Lipinski definition) is 4. The van der Waals surface area contributed by atoms with Gasteiger partial charge in [-0.1, -0.05) is 6.07 Å². The van der Waals surface area contributed by atoms with Crippen molar-refractivity contribution in [3.8, 4) is 0 Å². The van der Waals surface area contributed by atoms with Crippen LogP contribution in [-0.4, -0.2) is 45.2 Å². The van der Waals surface area contributed by atoms with Gasteiger partial charge in [-0.2, -0.15) is 0 Å². The molecule has 25 heavy (non-hydrogen) atoms. The second kappa shape index (κ2) is 6.02. The Morgan fingerprint density at radius 2 is 2.12 bits per heavy atom. The molecule has 6 heteroatoms. The van der Waals surface area contributed by atoms with E-state index < -0.39 is 0 Å². The van der Waals surface area contributed by atoms with Crippen molar-refractivity contribution in [3.63, 3.8) is 0 Å². The van der Waals surface area contributed by atoms with Crippen molar-refractivity contribution in [3.05, 3.63) is 53.2 Å². The van der Waals surface area contributed by atoms with E-state index in [0.29, 0.717) is 30.8 Å². The van der Waals surface area contributed by atoms with Gasteiger partial charge in [0.25, 0.3) is 5.91 Å². The molecule has 0 N–H and O–H groups in total. The van der Waals surface area contributed by atoms with E-state index in [1.165, 1.54) is 6.26 Å². The first-order valence-electron chi connectivity index (χ1n) is 8.61. The average molecular weight is 339 g/mol. The SMILES string of the molecule is Cc1cccc(CN2C(=O)C[C@H]3[C@H]2CCN3C(=O)c2ccoc2C)n1. The number of hydrogen-bond donors (Lipinski definition) is 0. The number of aryl methyl sites for hydroxylation is 2. The van der Waals surface area contributed by atoms with E-state index in [0.717, 1.165) is 17.8 Å². The summed E-state index contributed by atoms with van der Waals surface area (Å²) in [6.07, 6.45) is 2.73. The van der Waals surface area contributed by atoms with Crippen LogP contribution in [0.1, 0.15) is 40.3 Å². The molecule has 2 aliphatic rings. The van der Waals surface area contributed by atoms with Crippen molar-refractivity contribution in [2.75, 3.05) is 6.54 Å². The number of aromatic nitrogens is 1. The third kappa shape index (κ3) is 2.71. The van der Waals surface area contributed by atoms with E-state index in [2.05, 4.69) is 4.98 Å². The fourth-order valence-corrected chi connectivity index (χ4v) is 4.01. The van der Waals surface area contributed by atoms with Gasteiger partial charge in [-0.25, -0.2) is 0 Å². The van der Waals surface area contributed by atoms with Crippen molar-refractivity contribution in [1.29, 1.82) is 0 Å². The zero-order valence-corrected chi connectivity index (χ0v) is 14.4. The normalized spacial score (nSPS) is 22.6. The summed E-state index contributed by atoms with van der Waals surface area (Å²) >= 11 is 0. The highest BCUT2D eigenvalue weighted by molar-refractivity contribution is 5.96. The minimum absolute atomic E-state index is 0.0397. The number of amides is 2. The molecule has 0 radical (unpaired) electrons. The first-order valence-corrected chi connectivity index (χ1v) is 8.61. The lowest BCUT2D eigenvalue weighted by atomic mass is 10.1. The molecule has 2 saturated heterocycles. The van der Waals surface area contributed by atoms with Crippen LogP contribution in [0.3, 0.4) is 0 Å². The summed E-state index contributed by atoms with van der Waals surface area (Å²) in [7, 11) is 0. The second-order valence-corrected chi connectivity index (χ2v) is 6.81. The molecule has 0 saturated carbocycles. The summed E-state index contributed by atoms with van der Waals surface area (Å²) in [5.41, 5.74) is 2.43. The van der Waals surface area contributed by atoms with Crippen molar-refractivity contribution >= 4 is 11.8 Å². The maximum Gasteiger partial charge on any atom is 0.257 e. The summed E-state index contributed by atoms with van der Waals surface area (Å²) in [4.78, 5) is 33.6. The molecule has 0 spiro atoms. The molecule has 6 nitrogen and oxygen atoms in total. The predicted molar refractivity (Wildman–Crippen MR) is 90.8 cm³/mol. The van der Waals surface area contributed by atoms with E-state index >= 15 is 0 Å². The molecule has 2 amide bonds. The Hall–Kier alpha value is -2.63. The minimum Gasteiger partial charge on any atom is -0.469 e. The van der Waals surface area contributed by atoms with E-state index in [-0.39, 0.29) is 23.9 Å². The molecule has 0 unspecified atom stereocenters. The van der Waals surface area contributed by atoms with Gasteiger partial charge in [-0.05, 0) is 38.5 Å². The van der Waals surface area contributed by atoms with Crippen LogP contribution >= 0.6 is 0 Å². The van der Waals surface area contributed by atoms with E-state index in [1.807, 2.05) is 34.9 Å². The maximum atomic E-state index is 12.8. The van der Waals surface area contributed by atoms with Crippen LogP contribution in [0.15, 0.2) is 34.9 Å². The van der Waals surface area contributed by atoms with Gasteiger partial charge in [0, 0.05) is 18.7 Å². The Morgan fingerprint density at radius 3 is 2.84 bits per heavy atom. The van der Waals surface area contributed by atoms with Gasteiger partial charge in [-0.3, -0.25) is 14.6 Å². The zero-order valence-electron chi connectivity index (χ0n) is 14.4. The highest BCUT2D eigenvalue weighted by atomic mass is 16.3. The Bertz CT molecular complexity index is 829. The molecule has 4 rings (SSSR count). The largest absolute Gasteiger partial charge is 0.469 e. The molecular formula is C19H21N3O3. The molecule has 0 aliphatic carbocycles. The number of likely N-dealkylation sites (tertiary alicyclic amines) is 2. The maximum absolute atomic E-state index is 12.8. The lowest BCUT2D eigenvalue weighted by molar-refractivity contribution is -0.129. The van der Waals surface area contributed by atoms with Gasteiger partial charge in [0.2, 0.25) is 5.91 Å². The first kappa shape index (κ1) is 15.9. The fraction of sp³-hybridized carbons (Fsp3) is 0.421. The number of carbonyl (C=O) groups is 2. The fourth-order valence-electron chi connectivity index (χ4n) is 4.01. The van der Waals surface area contributed by atoms with Gasteiger partial charge < -0.3 is 14.2 Å². The minimum atomic E-state index is -0.0564. The third-order valence-corrected chi connectivity index (χ3v) is 5.24. The van der Waals surface area contributed by atoms with E-state index in [1.54, 1.807) is 13.0 Å². The zero-order chi connectivity index (χ0) is 17.6. The van der Waals surface area contributed by atoms with E-state index in [4.69, 9.17) is 4.42 Å². The quantitative estimate of drug-likeness (QED) is 0.861. The van der Waals surface area contributed by atoms with Crippen molar-refractivity contribution < 1.29 is 14.0 Å². The first-order chi connectivity index (χ1) is 12.0. The van der Waals surface area contributed by atoms with Gasteiger partial charge in [0.15, 0.2) is 0 Å². The number of nitrogens with zero attached hydrogens (tertiary/aromatic N) is 3.